The van der Waals surface area contributed by atoms with Crippen LogP contribution in [-0.4, -0.2) is 26.2 Å². The summed E-state index contributed by atoms with van der Waals surface area (Å²) < 4.78 is 10.6. The molecule has 2 aromatic rings. The van der Waals surface area contributed by atoms with Gasteiger partial charge in [-0.2, -0.15) is 0 Å². The quantitative estimate of drug-likeness (QED) is 0.829. The Morgan fingerprint density at radius 3 is 2.52 bits per heavy atom. The van der Waals surface area contributed by atoms with Crippen molar-refractivity contribution in [1.29, 1.82) is 0 Å². The molecule has 112 valence electrons. The van der Waals surface area contributed by atoms with Gasteiger partial charge in [0.05, 0.1) is 14.2 Å². The number of benzene rings is 2. The lowest BCUT2D eigenvalue weighted by atomic mass is 10.1. The number of hydrogen-bond donors (Lipinski definition) is 1. The van der Waals surface area contributed by atoms with E-state index >= 15 is 0 Å². The molecule has 21 heavy (non-hydrogen) atoms. The van der Waals surface area contributed by atoms with E-state index in [1.165, 1.54) is 5.56 Å². The maximum atomic E-state index is 5.86. The highest BCUT2D eigenvalue weighted by Gasteiger charge is 2.08. The fourth-order valence-electron chi connectivity index (χ4n) is 2.35. The Hall–Kier alpha value is -2.20. The van der Waals surface area contributed by atoms with E-state index in [0.717, 1.165) is 35.8 Å². The van der Waals surface area contributed by atoms with Gasteiger partial charge in [0.1, 0.15) is 11.5 Å². The first-order valence-electron chi connectivity index (χ1n) is 6.86. The molecule has 4 nitrogen and oxygen atoms in total. The third-order valence-electron chi connectivity index (χ3n) is 3.33. The van der Waals surface area contributed by atoms with Crippen molar-refractivity contribution in [2.45, 2.75) is 13.1 Å². The molecule has 2 rings (SSSR count). The highest BCUT2D eigenvalue weighted by Crippen LogP contribution is 2.23. The van der Waals surface area contributed by atoms with Crippen LogP contribution in [0, 0.1) is 0 Å². The monoisotopic (exact) mass is 286 g/mol. The summed E-state index contributed by atoms with van der Waals surface area (Å²) in [4.78, 5) is 2.21. The summed E-state index contributed by atoms with van der Waals surface area (Å²) >= 11 is 0. The highest BCUT2D eigenvalue weighted by atomic mass is 16.5. The van der Waals surface area contributed by atoms with Gasteiger partial charge in [-0.05, 0) is 42.9 Å². The summed E-state index contributed by atoms with van der Waals surface area (Å²) in [5.41, 5.74) is 8.90. The standard InChI is InChI=1S/C17H22N2O2/c1-19(11-13-5-4-6-16(9-13)20-2)12-14-10-15(18)7-8-17(14)21-3/h4-10H,11-12,18H2,1-3H3. The van der Waals surface area contributed by atoms with Crippen LogP contribution in [0.2, 0.25) is 0 Å². The zero-order valence-corrected chi connectivity index (χ0v) is 12.8. The summed E-state index contributed by atoms with van der Waals surface area (Å²) in [7, 11) is 5.43. The molecule has 0 spiro atoms. The van der Waals surface area contributed by atoms with Crippen LogP contribution >= 0.6 is 0 Å². The Balaban J connectivity index is 2.07. The average Bonchev–Trinajstić information content (AvgIpc) is 2.47. The number of nitrogen functional groups attached to an aromatic ring is 1. The summed E-state index contributed by atoms with van der Waals surface area (Å²) in [6, 6.07) is 13.8. The zero-order chi connectivity index (χ0) is 15.2. The number of rotatable bonds is 6. The Morgan fingerprint density at radius 1 is 1.00 bits per heavy atom. The van der Waals surface area contributed by atoms with Gasteiger partial charge in [-0.1, -0.05) is 12.1 Å². The van der Waals surface area contributed by atoms with Crippen molar-refractivity contribution in [3.8, 4) is 11.5 Å². The number of nitrogens with zero attached hydrogens (tertiary/aromatic N) is 1. The van der Waals surface area contributed by atoms with Crippen molar-refractivity contribution in [3.05, 3.63) is 53.6 Å². The molecule has 0 amide bonds. The van der Waals surface area contributed by atoms with E-state index in [9.17, 15) is 0 Å². The molecule has 0 fully saturated rings. The molecular formula is C17H22N2O2. The SMILES string of the molecule is COc1cccc(CN(C)Cc2cc(N)ccc2OC)c1. The Bertz CT molecular complexity index is 599. The van der Waals surface area contributed by atoms with Gasteiger partial charge in [-0.25, -0.2) is 0 Å². The van der Waals surface area contributed by atoms with Crippen molar-refractivity contribution in [2.75, 3.05) is 27.0 Å². The van der Waals surface area contributed by atoms with Crippen LogP contribution in [0.3, 0.4) is 0 Å². The van der Waals surface area contributed by atoms with Gasteiger partial charge in [0.15, 0.2) is 0 Å². The summed E-state index contributed by atoms with van der Waals surface area (Å²) in [5, 5.41) is 0. The van der Waals surface area contributed by atoms with Crippen molar-refractivity contribution >= 4 is 5.69 Å². The molecule has 0 aliphatic carbocycles. The number of nitrogens with two attached hydrogens (primary N) is 1. The lowest BCUT2D eigenvalue weighted by molar-refractivity contribution is 0.309. The number of methoxy groups -OCH3 is 2. The lowest BCUT2D eigenvalue weighted by Crippen LogP contribution is -2.17. The van der Waals surface area contributed by atoms with Crippen molar-refractivity contribution in [3.63, 3.8) is 0 Å². The van der Waals surface area contributed by atoms with Crippen LogP contribution in [0.4, 0.5) is 5.69 Å². The van der Waals surface area contributed by atoms with Crippen molar-refractivity contribution < 1.29 is 9.47 Å². The third-order valence-corrected chi connectivity index (χ3v) is 3.33. The molecule has 0 saturated carbocycles. The predicted octanol–water partition coefficient (Wildman–Crippen LogP) is 2.92. The van der Waals surface area contributed by atoms with Gasteiger partial charge in [0.25, 0.3) is 0 Å². The molecule has 0 bridgehead atoms. The minimum absolute atomic E-state index is 0.751. The molecule has 0 heterocycles. The largest absolute Gasteiger partial charge is 0.497 e. The minimum Gasteiger partial charge on any atom is -0.497 e. The molecule has 0 saturated heterocycles. The zero-order valence-electron chi connectivity index (χ0n) is 12.8. The van der Waals surface area contributed by atoms with Crippen molar-refractivity contribution in [2.24, 2.45) is 0 Å². The summed E-state index contributed by atoms with van der Waals surface area (Å²) in [5.74, 6) is 1.74. The van der Waals surface area contributed by atoms with E-state index in [1.54, 1.807) is 14.2 Å². The molecule has 0 unspecified atom stereocenters. The molecule has 0 aliphatic heterocycles. The van der Waals surface area contributed by atoms with E-state index in [2.05, 4.69) is 18.0 Å². The van der Waals surface area contributed by atoms with Gasteiger partial charge in [-0.3, -0.25) is 4.90 Å². The normalized spacial score (nSPS) is 10.7. The lowest BCUT2D eigenvalue weighted by Gasteiger charge is -2.19. The molecule has 0 aliphatic rings. The van der Waals surface area contributed by atoms with E-state index in [4.69, 9.17) is 15.2 Å². The minimum atomic E-state index is 0.751. The number of anilines is 1. The Morgan fingerprint density at radius 2 is 1.81 bits per heavy atom. The van der Waals surface area contributed by atoms with Gasteiger partial charge < -0.3 is 15.2 Å². The van der Waals surface area contributed by atoms with E-state index < -0.39 is 0 Å². The van der Waals surface area contributed by atoms with Gasteiger partial charge in [0, 0.05) is 24.3 Å². The maximum absolute atomic E-state index is 5.86. The first-order valence-corrected chi connectivity index (χ1v) is 6.86. The second kappa shape index (κ2) is 6.99. The molecule has 4 heteroatoms. The van der Waals surface area contributed by atoms with Crippen LogP contribution < -0.4 is 15.2 Å². The fourth-order valence-corrected chi connectivity index (χ4v) is 2.35. The second-order valence-electron chi connectivity index (χ2n) is 5.10. The van der Waals surface area contributed by atoms with Gasteiger partial charge >= 0.3 is 0 Å². The first-order chi connectivity index (χ1) is 10.1. The van der Waals surface area contributed by atoms with Gasteiger partial charge in [-0.15, -0.1) is 0 Å². The Labute approximate surface area is 126 Å². The first kappa shape index (κ1) is 15.2. The van der Waals surface area contributed by atoms with Crippen LogP contribution in [0.5, 0.6) is 11.5 Å². The smallest absolute Gasteiger partial charge is 0.123 e. The van der Waals surface area contributed by atoms with Gasteiger partial charge in [0.2, 0.25) is 0 Å². The van der Waals surface area contributed by atoms with Crippen LogP contribution in [0.25, 0.3) is 0 Å². The van der Waals surface area contributed by atoms with E-state index in [1.807, 2.05) is 36.4 Å². The molecule has 0 aromatic heterocycles. The summed E-state index contributed by atoms with van der Waals surface area (Å²) in [6.45, 7) is 1.60. The molecule has 0 radical (unpaired) electrons. The molecular weight excluding hydrogens is 264 g/mol. The van der Waals surface area contributed by atoms with Crippen LogP contribution in [-0.2, 0) is 13.1 Å². The fraction of sp³-hybridized carbons (Fsp3) is 0.294. The molecule has 0 atom stereocenters. The predicted molar refractivity (Wildman–Crippen MR) is 85.6 cm³/mol. The van der Waals surface area contributed by atoms with Crippen LogP contribution in [0.1, 0.15) is 11.1 Å². The topological polar surface area (TPSA) is 47.7 Å². The third kappa shape index (κ3) is 4.13. The molecule has 2 N–H and O–H groups in total. The summed E-state index contributed by atoms with van der Waals surface area (Å²) in [6.07, 6.45) is 0. The second-order valence-corrected chi connectivity index (χ2v) is 5.10. The Kier molecular flexibility index (Phi) is 5.06. The van der Waals surface area contributed by atoms with E-state index in [0.29, 0.717) is 0 Å². The molecule has 2 aromatic carbocycles. The number of ether oxygens (including phenoxy) is 2. The average molecular weight is 286 g/mol. The maximum Gasteiger partial charge on any atom is 0.123 e. The van der Waals surface area contributed by atoms with E-state index in [-0.39, 0.29) is 0 Å². The highest BCUT2D eigenvalue weighted by molar-refractivity contribution is 5.47. The van der Waals surface area contributed by atoms with Crippen LogP contribution in [0.15, 0.2) is 42.5 Å². The van der Waals surface area contributed by atoms with Crippen molar-refractivity contribution in [1.82, 2.24) is 4.90 Å². The number of hydrogen-bond acceptors (Lipinski definition) is 4.